The lowest BCUT2D eigenvalue weighted by atomic mass is 9.48. The van der Waals surface area contributed by atoms with E-state index in [0.717, 1.165) is 25.7 Å². The molecule has 0 aromatic heterocycles. The van der Waals surface area contributed by atoms with Gasteiger partial charge < -0.3 is 10.2 Å². The zero-order valence-electron chi connectivity index (χ0n) is 14.2. The van der Waals surface area contributed by atoms with Crippen LogP contribution in [-0.4, -0.2) is 22.4 Å². The molecular formula is C20H30O2. The van der Waals surface area contributed by atoms with E-state index < -0.39 is 0 Å². The van der Waals surface area contributed by atoms with Crippen LogP contribution in [-0.2, 0) is 0 Å². The summed E-state index contributed by atoms with van der Waals surface area (Å²) in [6.07, 6.45) is 10.8. The van der Waals surface area contributed by atoms with Crippen LogP contribution in [0.4, 0.5) is 0 Å². The Hall–Kier alpha value is -0.600. The van der Waals surface area contributed by atoms with E-state index >= 15 is 0 Å². The van der Waals surface area contributed by atoms with Crippen molar-refractivity contribution < 1.29 is 10.2 Å². The van der Waals surface area contributed by atoms with Gasteiger partial charge in [0, 0.05) is 0 Å². The molecule has 0 spiro atoms. The number of allylic oxidation sites excluding steroid dienone is 3. The average molecular weight is 302 g/mol. The van der Waals surface area contributed by atoms with Gasteiger partial charge in [-0.1, -0.05) is 31.6 Å². The molecule has 0 radical (unpaired) electrons. The summed E-state index contributed by atoms with van der Waals surface area (Å²) in [6.45, 7) is 7.00. The zero-order chi connectivity index (χ0) is 15.7. The Morgan fingerprint density at radius 2 is 1.73 bits per heavy atom. The fourth-order valence-electron chi connectivity index (χ4n) is 6.54. The van der Waals surface area contributed by atoms with Crippen molar-refractivity contribution in [3.05, 3.63) is 23.3 Å². The summed E-state index contributed by atoms with van der Waals surface area (Å²) in [5.74, 6) is 1.95. The lowest BCUT2D eigenvalue weighted by molar-refractivity contribution is -0.0504. The SMILES string of the molecule is CC1=CC2C(CC[C@@]3(C)C2CC[C@@H]3O)[C@@]2(C)CCC(O)C=C12. The molecule has 0 aromatic carbocycles. The quantitative estimate of drug-likeness (QED) is 0.714. The van der Waals surface area contributed by atoms with E-state index in [9.17, 15) is 10.2 Å². The van der Waals surface area contributed by atoms with Gasteiger partial charge in [-0.25, -0.2) is 0 Å². The van der Waals surface area contributed by atoms with Crippen LogP contribution in [0.2, 0.25) is 0 Å². The summed E-state index contributed by atoms with van der Waals surface area (Å²) >= 11 is 0. The molecule has 4 aliphatic carbocycles. The number of hydrogen-bond acceptors (Lipinski definition) is 2. The molecule has 2 N–H and O–H groups in total. The molecule has 2 saturated carbocycles. The van der Waals surface area contributed by atoms with Gasteiger partial charge in [-0.15, -0.1) is 0 Å². The molecule has 122 valence electrons. The smallest absolute Gasteiger partial charge is 0.0727 e. The Morgan fingerprint density at radius 3 is 2.50 bits per heavy atom. The van der Waals surface area contributed by atoms with Crippen molar-refractivity contribution in [1.29, 1.82) is 0 Å². The molecule has 2 nitrogen and oxygen atoms in total. The minimum atomic E-state index is -0.259. The van der Waals surface area contributed by atoms with Crippen LogP contribution < -0.4 is 0 Å². The highest BCUT2D eigenvalue weighted by Gasteiger charge is 2.58. The molecule has 4 aliphatic rings. The third-order valence-electron chi connectivity index (χ3n) is 7.90. The van der Waals surface area contributed by atoms with E-state index in [2.05, 4.69) is 32.9 Å². The second kappa shape index (κ2) is 4.70. The lowest BCUT2D eigenvalue weighted by Gasteiger charge is -2.57. The maximum absolute atomic E-state index is 10.5. The third kappa shape index (κ3) is 1.80. The molecule has 4 rings (SSSR count). The molecule has 2 fully saturated rings. The summed E-state index contributed by atoms with van der Waals surface area (Å²) in [5.41, 5.74) is 3.16. The summed E-state index contributed by atoms with van der Waals surface area (Å²) in [6, 6.07) is 0. The first kappa shape index (κ1) is 15.0. The molecule has 7 atom stereocenters. The number of hydrogen-bond donors (Lipinski definition) is 2. The van der Waals surface area contributed by atoms with Crippen molar-refractivity contribution >= 4 is 0 Å². The second-order valence-corrected chi connectivity index (χ2v) is 8.88. The highest BCUT2D eigenvalue weighted by atomic mass is 16.3. The molecule has 22 heavy (non-hydrogen) atoms. The molecule has 0 aromatic rings. The van der Waals surface area contributed by atoms with Crippen LogP contribution in [0.1, 0.15) is 59.3 Å². The Kier molecular flexibility index (Phi) is 3.20. The summed E-state index contributed by atoms with van der Waals surface area (Å²) in [7, 11) is 0. The monoisotopic (exact) mass is 302 g/mol. The largest absolute Gasteiger partial charge is 0.393 e. The van der Waals surface area contributed by atoms with E-state index in [4.69, 9.17) is 0 Å². The fourth-order valence-corrected chi connectivity index (χ4v) is 6.54. The van der Waals surface area contributed by atoms with Gasteiger partial charge in [-0.05, 0) is 79.6 Å². The number of aliphatic hydroxyl groups is 2. The maximum Gasteiger partial charge on any atom is 0.0727 e. The normalized spacial score (nSPS) is 54.0. The minimum Gasteiger partial charge on any atom is -0.393 e. The van der Waals surface area contributed by atoms with Gasteiger partial charge in [0.25, 0.3) is 0 Å². The zero-order valence-corrected chi connectivity index (χ0v) is 14.2. The third-order valence-corrected chi connectivity index (χ3v) is 7.90. The number of fused-ring (bicyclic) bond motifs is 5. The van der Waals surface area contributed by atoms with E-state index in [1.54, 1.807) is 0 Å². The molecule has 0 saturated heterocycles. The highest BCUT2D eigenvalue weighted by Crippen LogP contribution is 2.64. The molecular weight excluding hydrogens is 272 g/mol. The Bertz CT molecular complexity index is 548. The molecule has 0 heterocycles. The standard InChI is InChI=1S/C20H30O2/c1-12-10-14-15-4-5-18(22)20(15,3)9-7-16(14)19(2)8-6-13(21)11-17(12)19/h10-11,13-16,18,21-22H,4-9H2,1-3H3/t13?,14?,15?,16?,18-,19+,20-/m0/s1. The molecule has 0 aliphatic heterocycles. The first-order valence-electron chi connectivity index (χ1n) is 9.13. The molecule has 4 unspecified atom stereocenters. The predicted molar refractivity (Wildman–Crippen MR) is 88.2 cm³/mol. The second-order valence-electron chi connectivity index (χ2n) is 8.88. The Labute approximate surface area is 134 Å². The Morgan fingerprint density at radius 1 is 0.955 bits per heavy atom. The van der Waals surface area contributed by atoms with Crippen LogP contribution >= 0.6 is 0 Å². The number of rotatable bonds is 0. The topological polar surface area (TPSA) is 40.5 Å². The van der Waals surface area contributed by atoms with Crippen molar-refractivity contribution in [2.75, 3.05) is 0 Å². The lowest BCUT2D eigenvalue weighted by Crippen LogP contribution is -2.50. The van der Waals surface area contributed by atoms with Crippen LogP contribution in [0.15, 0.2) is 23.3 Å². The van der Waals surface area contributed by atoms with Crippen molar-refractivity contribution in [3.8, 4) is 0 Å². The minimum absolute atomic E-state index is 0.106. The summed E-state index contributed by atoms with van der Waals surface area (Å²) in [5, 5.41) is 20.6. The van der Waals surface area contributed by atoms with Crippen molar-refractivity contribution in [2.45, 2.75) is 71.5 Å². The van der Waals surface area contributed by atoms with Gasteiger partial charge in [0.15, 0.2) is 0 Å². The maximum atomic E-state index is 10.5. The van der Waals surface area contributed by atoms with Gasteiger partial charge in [-0.3, -0.25) is 0 Å². The average Bonchev–Trinajstić information content (AvgIpc) is 2.77. The summed E-state index contributed by atoms with van der Waals surface area (Å²) in [4.78, 5) is 0. The molecule has 0 bridgehead atoms. The van der Waals surface area contributed by atoms with E-state index in [0.29, 0.717) is 17.8 Å². The van der Waals surface area contributed by atoms with Crippen molar-refractivity contribution in [3.63, 3.8) is 0 Å². The van der Waals surface area contributed by atoms with Crippen molar-refractivity contribution in [1.82, 2.24) is 0 Å². The fraction of sp³-hybridized carbons (Fsp3) is 0.800. The van der Waals surface area contributed by atoms with Gasteiger partial charge in [0.1, 0.15) is 0 Å². The van der Waals surface area contributed by atoms with Gasteiger partial charge in [0.05, 0.1) is 12.2 Å². The van der Waals surface area contributed by atoms with Crippen LogP contribution in [0.5, 0.6) is 0 Å². The molecule has 2 heteroatoms. The Balaban J connectivity index is 1.78. The van der Waals surface area contributed by atoms with E-state index in [-0.39, 0.29) is 23.0 Å². The molecule has 0 amide bonds. The highest BCUT2D eigenvalue weighted by molar-refractivity contribution is 5.42. The van der Waals surface area contributed by atoms with Gasteiger partial charge >= 0.3 is 0 Å². The van der Waals surface area contributed by atoms with Gasteiger partial charge in [0.2, 0.25) is 0 Å². The van der Waals surface area contributed by atoms with Crippen LogP contribution in [0.3, 0.4) is 0 Å². The first-order chi connectivity index (χ1) is 10.4. The van der Waals surface area contributed by atoms with E-state index in [1.807, 2.05) is 0 Å². The van der Waals surface area contributed by atoms with Crippen LogP contribution in [0, 0.1) is 28.6 Å². The first-order valence-corrected chi connectivity index (χ1v) is 9.13. The van der Waals surface area contributed by atoms with E-state index in [1.165, 1.54) is 24.0 Å². The summed E-state index contributed by atoms with van der Waals surface area (Å²) < 4.78 is 0. The predicted octanol–water partition coefficient (Wildman–Crippen LogP) is 3.84. The van der Waals surface area contributed by atoms with Crippen LogP contribution in [0.25, 0.3) is 0 Å². The number of aliphatic hydroxyl groups excluding tert-OH is 2. The van der Waals surface area contributed by atoms with Crippen molar-refractivity contribution in [2.24, 2.45) is 28.6 Å². The van der Waals surface area contributed by atoms with Gasteiger partial charge in [-0.2, -0.15) is 0 Å².